The van der Waals surface area contributed by atoms with E-state index in [9.17, 15) is 36.2 Å². The smallest absolute Gasteiger partial charge is 0.419 e. The Hall–Kier alpha value is -4.60. The maximum absolute atomic E-state index is 15.2. The standard InChI is InChI=1S/C29H29F5N4O6S/c1-16-20(12-13-22(30)35-16)43-21-11-10-19(29(32,33)34)25(31)24(21)26(40)36-17-8-7-9-18(14-17)45(6,42)37-23(39)15-38(5)27(41)44-28(2,3)4/h7-14H,15H2,1-6H3,(H,36,40)/t45-/m1/s1. The molecule has 45 heavy (non-hydrogen) atoms. The van der Waals surface area contributed by atoms with Gasteiger partial charge in [0.05, 0.1) is 21.0 Å². The summed E-state index contributed by atoms with van der Waals surface area (Å²) < 4.78 is 96.8. The van der Waals surface area contributed by atoms with Gasteiger partial charge in [-0.15, -0.1) is 0 Å². The van der Waals surface area contributed by atoms with Crippen LogP contribution in [-0.4, -0.2) is 57.4 Å². The average Bonchev–Trinajstić information content (AvgIpc) is 2.88. The number of amides is 3. The maximum Gasteiger partial charge on any atom is 0.419 e. The molecule has 2 aromatic carbocycles. The lowest BCUT2D eigenvalue weighted by Crippen LogP contribution is -2.37. The van der Waals surface area contributed by atoms with Crippen LogP contribution >= 0.6 is 0 Å². The van der Waals surface area contributed by atoms with Crippen LogP contribution in [0.3, 0.4) is 0 Å². The van der Waals surface area contributed by atoms with Crippen molar-refractivity contribution >= 4 is 33.3 Å². The monoisotopic (exact) mass is 656 g/mol. The van der Waals surface area contributed by atoms with Crippen LogP contribution in [0.4, 0.5) is 32.4 Å². The molecular weight excluding hydrogens is 627 g/mol. The first kappa shape index (κ1) is 34.9. The van der Waals surface area contributed by atoms with Gasteiger partial charge < -0.3 is 19.7 Å². The quantitative estimate of drug-likeness (QED) is 0.225. The van der Waals surface area contributed by atoms with Gasteiger partial charge in [0.2, 0.25) is 5.95 Å². The van der Waals surface area contributed by atoms with E-state index in [1.807, 2.05) is 0 Å². The molecule has 0 aliphatic carbocycles. The van der Waals surface area contributed by atoms with Gasteiger partial charge >= 0.3 is 12.3 Å². The lowest BCUT2D eigenvalue weighted by atomic mass is 10.1. The van der Waals surface area contributed by atoms with Crippen LogP contribution in [0, 0.1) is 18.7 Å². The fourth-order valence-corrected chi connectivity index (χ4v) is 4.93. The van der Waals surface area contributed by atoms with Crippen molar-refractivity contribution in [3.05, 3.63) is 77.1 Å². The summed E-state index contributed by atoms with van der Waals surface area (Å²) in [7, 11) is -2.18. The molecule has 242 valence electrons. The van der Waals surface area contributed by atoms with E-state index in [1.54, 1.807) is 20.8 Å². The molecule has 10 nitrogen and oxygen atoms in total. The van der Waals surface area contributed by atoms with Crippen molar-refractivity contribution in [2.45, 2.75) is 44.4 Å². The van der Waals surface area contributed by atoms with Gasteiger partial charge in [-0.05, 0) is 70.2 Å². The van der Waals surface area contributed by atoms with E-state index in [-0.39, 0.29) is 22.0 Å². The van der Waals surface area contributed by atoms with Crippen molar-refractivity contribution < 1.29 is 50.0 Å². The second kappa shape index (κ2) is 13.2. The number of alkyl halides is 3. The fourth-order valence-electron chi connectivity index (χ4n) is 3.70. The van der Waals surface area contributed by atoms with Crippen molar-refractivity contribution in [3.8, 4) is 11.5 Å². The number of carbonyl (C=O) groups excluding carboxylic acids is 3. The zero-order valence-electron chi connectivity index (χ0n) is 24.9. The maximum atomic E-state index is 15.2. The molecule has 0 aliphatic heterocycles. The largest absolute Gasteiger partial charge is 0.455 e. The minimum absolute atomic E-state index is 0.0253. The van der Waals surface area contributed by atoms with Gasteiger partial charge in [-0.3, -0.25) is 9.59 Å². The summed E-state index contributed by atoms with van der Waals surface area (Å²) in [5.74, 6) is -5.87. The minimum atomic E-state index is -5.16. The Bertz CT molecular complexity index is 1760. The Labute approximate surface area is 255 Å². The molecule has 3 rings (SSSR count). The number of hydrogen-bond acceptors (Lipinski definition) is 7. The number of pyridine rings is 1. The fraction of sp³-hybridized carbons (Fsp3) is 0.310. The number of ether oxygens (including phenoxy) is 2. The van der Waals surface area contributed by atoms with Crippen LogP contribution in [0.2, 0.25) is 0 Å². The molecule has 3 amide bonds. The number of aryl methyl sites for hydroxylation is 1. The summed E-state index contributed by atoms with van der Waals surface area (Å²) in [5.41, 5.74) is -3.85. The number of hydrogen-bond donors (Lipinski definition) is 1. The molecule has 1 heterocycles. The van der Waals surface area contributed by atoms with Crippen molar-refractivity contribution in [3.63, 3.8) is 0 Å². The number of halogens is 5. The molecule has 1 N–H and O–H groups in total. The summed E-state index contributed by atoms with van der Waals surface area (Å²) in [6.07, 6.45) is -4.85. The number of anilines is 1. The molecule has 16 heteroatoms. The predicted octanol–water partition coefficient (Wildman–Crippen LogP) is 6.58. The van der Waals surface area contributed by atoms with E-state index < -0.39 is 74.6 Å². The van der Waals surface area contributed by atoms with Crippen LogP contribution < -0.4 is 10.1 Å². The minimum Gasteiger partial charge on any atom is -0.455 e. The van der Waals surface area contributed by atoms with E-state index in [0.29, 0.717) is 6.07 Å². The van der Waals surface area contributed by atoms with Gasteiger partial charge in [0.15, 0.2) is 5.82 Å². The summed E-state index contributed by atoms with van der Waals surface area (Å²) in [6.45, 7) is 5.67. The number of carbonyl (C=O) groups is 3. The number of nitrogens with one attached hydrogen (secondary N) is 1. The Morgan fingerprint density at radius 1 is 1.02 bits per heavy atom. The highest BCUT2D eigenvalue weighted by Gasteiger charge is 2.37. The molecule has 1 atom stereocenters. The van der Waals surface area contributed by atoms with Crippen LogP contribution in [-0.2, 0) is 25.4 Å². The number of rotatable bonds is 7. The Morgan fingerprint density at radius 3 is 2.27 bits per heavy atom. The number of aromatic nitrogens is 1. The zero-order chi connectivity index (χ0) is 33.9. The number of benzene rings is 2. The first-order valence-electron chi connectivity index (χ1n) is 13.0. The lowest BCUT2D eigenvalue weighted by Gasteiger charge is -2.23. The SMILES string of the molecule is Cc1nc(F)ccc1Oc1ccc(C(F)(F)F)c(F)c1C(=O)Nc1cccc([S@@](C)(=O)=NC(=O)CN(C)C(=O)OC(C)(C)C)c1. The summed E-state index contributed by atoms with van der Waals surface area (Å²) in [5, 5.41) is 2.24. The molecule has 0 aliphatic rings. The van der Waals surface area contributed by atoms with Crippen molar-refractivity contribution in [2.75, 3.05) is 25.2 Å². The zero-order valence-corrected chi connectivity index (χ0v) is 25.7. The van der Waals surface area contributed by atoms with E-state index in [1.165, 1.54) is 32.2 Å². The summed E-state index contributed by atoms with van der Waals surface area (Å²) in [4.78, 5) is 42.3. The number of likely N-dealkylation sites (N-methyl/N-ethyl adjacent to an activating group) is 1. The second-order valence-electron chi connectivity index (χ2n) is 10.7. The van der Waals surface area contributed by atoms with Gasteiger partial charge in [0.1, 0.15) is 29.2 Å². The first-order valence-corrected chi connectivity index (χ1v) is 14.9. The lowest BCUT2D eigenvalue weighted by molar-refractivity contribution is -0.140. The highest BCUT2D eigenvalue weighted by Crippen LogP contribution is 2.38. The molecule has 3 aromatic rings. The molecule has 0 bridgehead atoms. The van der Waals surface area contributed by atoms with Crippen LogP contribution in [0.25, 0.3) is 0 Å². The molecule has 0 spiro atoms. The molecular formula is C29H29F5N4O6S. The van der Waals surface area contributed by atoms with Crippen LogP contribution in [0.1, 0.15) is 42.4 Å². The molecule has 0 radical (unpaired) electrons. The normalized spacial score (nSPS) is 13.0. The third-order valence-corrected chi connectivity index (χ3v) is 7.42. The molecule has 0 fully saturated rings. The van der Waals surface area contributed by atoms with Crippen LogP contribution in [0.15, 0.2) is 57.8 Å². The highest BCUT2D eigenvalue weighted by atomic mass is 32.2. The van der Waals surface area contributed by atoms with E-state index in [4.69, 9.17) is 9.47 Å². The van der Waals surface area contributed by atoms with Gasteiger partial charge in [-0.25, -0.2) is 18.4 Å². The van der Waals surface area contributed by atoms with E-state index in [2.05, 4.69) is 14.7 Å². The van der Waals surface area contributed by atoms with E-state index >= 15 is 4.39 Å². The molecule has 0 saturated carbocycles. The van der Waals surface area contributed by atoms with E-state index in [0.717, 1.165) is 35.4 Å². The molecule has 0 unspecified atom stereocenters. The third-order valence-electron chi connectivity index (χ3n) is 5.74. The first-order chi connectivity index (χ1) is 20.7. The summed E-state index contributed by atoms with van der Waals surface area (Å²) in [6, 6.07) is 8.17. The van der Waals surface area contributed by atoms with Gasteiger partial charge in [0.25, 0.3) is 11.8 Å². The average molecular weight is 657 g/mol. The Kier molecular flexibility index (Phi) is 10.2. The molecule has 1 aromatic heterocycles. The third kappa shape index (κ3) is 9.20. The van der Waals surface area contributed by atoms with Gasteiger partial charge in [-0.1, -0.05) is 6.07 Å². The number of nitrogens with zero attached hydrogens (tertiary/aromatic N) is 3. The topological polar surface area (TPSA) is 127 Å². The van der Waals surface area contributed by atoms with Gasteiger partial charge in [0, 0.05) is 23.9 Å². The summed E-state index contributed by atoms with van der Waals surface area (Å²) >= 11 is 0. The highest BCUT2D eigenvalue weighted by molar-refractivity contribution is 7.93. The Morgan fingerprint density at radius 2 is 1.67 bits per heavy atom. The predicted molar refractivity (Wildman–Crippen MR) is 153 cm³/mol. The Balaban J connectivity index is 1.93. The second-order valence-corrected chi connectivity index (χ2v) is 13.0. The van der Waals surface area contributed by atoms with Crippen molar-refractivity contribution in [1.29, 1.82) is 0 Å². The van der Waals surface area contributed by atoms with Crippen LogP contribution in [0.5, 0.6) is 11.5 Å². The molecule has 0 saturated heterocycles. The van der Waals surface area contributed by atoms with Gasteiger partial charge in [-0.2, -0.15) is 21.9 Å². The van der Waals surface area contributed by atoms with Crippen molar-refractivity contribution in [1.82, 2.24) is 9.88 Å². The van der Waals surface area contributed by atoms with Crippen molar-refractivity contribution in [2.24, 2.45) is 4.36 Å².